The second-order valence-corrected chi connectivity index (χ2v) is 6.91. The van der Waals surface area contributed by atoms with Gasteiger partial charge in [-0.1, -0.05) is 36.4 Å². The standard InChI is InChI=1S/C24H20N2O4/c1-3-30-24(29)26-21-10-6-9-20(14(21)2)25-23(28)15-11-12-17-16-7-4-5-8-18(16)22(27)19(17)13-15/h4-13H,3H2,1-2H3,(H,25,28)(H,26,29). The van der Waals surface area contributed by atoms with Gasteiger partial charge in [0.25, 0.3) is 5.91 Å². The van der Waals surface area contributed by atoms with Crippen LogP contribution in [0.2, 0.25) is 0 Å². The van der Waals surface area contributed by atoms with Crippen molar-refractivity contribution in [1.82, 2.24) is 0 Å². The zero-order valence-electron chi connectivity index (χ0n) is 16.6. The molecule has 0 radical (unpaired) electrons. The summed E-state index contributed by atoms with van der Waals surface area (Å²) in [4.78, 5) is 37.2. The van der Waals surface area contributed by atoms with Gasteiger partial charge in [0.15, 0.2) is 5.78 Å². The van der Waals surface area contributed by atoms with Crippen LogP contribution in [-0.2, 0) is 4.74 Å². The van der Waals surface area contributed by atoms with Crippen LogP contribution in [0.25, 0.3) is 11.1 Å². The number of nitrogens with one attached hydrogen (secondary N) is 2. The van der Waals surface area contributed by atoms with Crippen molar-refractivity contribution in [3.8, 4) is 11.1 Å². The first-order valence-electron chi connectivity index (χ1n) is 9.62. The van der Waals surface area contributed by atoms with Crippen LogP contribution in [0.15, 0.2) is 60.7 Å². The number of amides is 2. The molecule has 0 aromatic heterocycles. The molecular formula is C24H20N2O4. The first-order valence-corrected chi connectivity index (χ1v) is 9.62. The number of ketones is 1. The highest BCUT2D eigenvalue weighted by Gasteiger charge is 2.27. The minimum absolute atomic E-state index is 0.0768. The average molecular weight is 400 g/mol. The number of rotatable bonds is 4. The van der Waals surface area contributed by atoms with E-state index in [0.29, 0.717) is 33.6 Å². The van der Waals surface area contributed by atoms with Crippen molar-refractivity contribution in [1.29, 1.82) is 0 Å². The number of hydrogen-bond donors (Lipinski definition) is 2. The number of ether oxygens (including phenoxy) is 1. The van der Waals surface area contributed by atoms with E-state index < -0.39 is 6.09 Å². The fraction of sp³-hybridized carbons (Fsp3) is 0.125. The smallest absolute Gasteiger partial charge is 0.411 e. The number of carbonyl (C=O) groups is 3. The second-order valence-electron chi connectivity index (χ2n) is 6.91. The van der Waals surface area contributed by atoms with Gasteiger partial charge in [-0.3, -0.25) is 14.9 Å². The van der Waals surface area contributed by atoms with E-state index in [1.54, 1.807) is 56.3 Å². The minimum atomic E-state index is -0.555. The van der Waals surface area contributed by atoms with Gasteiger partial charge in [0.2, 0.25) is 0 Å². The van der Waals surface area contributed by atoms with E-state index in [4.69, 9.17) is 4.74 Å². The van der Waals surface area contributed by atoms with Crippen molar-refractivity contribution in [3.05, 3.63) is 82.9 Å². The molecule has 3 aromatic rings. The molecule has 0 saturated carbocycles. The molecule has 2 amide bonds. The molecule has 0 spiro atoms. The van der Waals surface area contributed by atoms with Crippen molar-refractivity contribution in [2.24, 2.45) is 0 Å². The third-order valence-electron chi connectivity index (χ3n) is 5.08. The molecule has 0 unspecified atom stereocenters. The summed E-state index contributed by atoms with van der Waals surface area (Å²) in [7, 11) is 0. The van der Waals surface area contributed by atoms with Gasteiger partial charge in [0.05, 0.1) is 6.61 Å². The fourth-order valence-electron chi connectivity index (χ4n) is 3.55. The third-order valence-corrected chi connectivity index (χ3v) is 5.08. The molecule has 0 atom stereocenters. The summed E-state index contributed by atoms with van der Waals surface area (Å²) in [6.45, 7) is 3.78. The largest absolute Gasteiger partial charge is 0.450 e. The van der Waals surface area contributed by atoms with Gasteiger partial charge in [-0.25, -0.2) is 4.79 Å². The van der Waals surface area contributed by atoms with Crippen LogP contribution in [0.3, 0.4) is 0 Å². The van der Waals surface area contributed by atoms with Crippen LogP contribution in [0.4, 0.5) is 16.2 Å². The van der Waals surface area contributed by atoms with Crippen molar-refractivity contribution < 1.29 is 19.1 Å². The highest BCUT2D eigenvalue weighted by atomic mass is 16.5. The number of anilines is 2. The molecule has 1 aliphatic carbocycles. The maximum Gasteiger partial charge on any atom is 0.411 e. The lowest BCUT2D eigenvalue weighted by Gasteiger charge is -2.13. The summed E-state index contributed by atoms with van der Waals surface area (Å²) in [5, 5.41) is 5.51. The summed E-state index contributed by atoms with van der Waals surface area (Å²) in [5.41, 5.74) is 5.09. The van der Waals surface area contributed by atoms with E-state index in [1.165, 1.54) is 0 Å². The van der Waals surface area contributed by atoms with E-state index in [-0.39, 0.29) is 18.3 Å². The Morgan fingerprint density at radius 1 is 0.833 bits per heavy atom. The Kier molecular flexibility index (Phi) is 5.06. The van der Waals surface area contributed by atoms with Gasteiger partial charge >= 0.3 is 6.09 Å². The first-order chi connectivity index (χ1) is 14.5. The van der Waals surface area contributed by atoms with Crippen molar-refractivity contribution in [2.45, 2.75) is 13.8 Å². The molecule has 4 rings (SSSR count). The van der Waals surface area contributed by atoms with E-state index in [1.807, 2.05) is 18.2 Å². The second kappa shape index (κ2) is 7.83. The molecule has 1 aliphatic rings. The SMILES string of the molecule is CCOC(=O)Nc1cccc(NC(=O)c2ccc3c(c2)C(=O)c2ccccc2-3)c1C. The van der Waals surface area contributed by atoms with Crippen LogP contribution in [-0.4, -0.2) is 24.4 Å². The number of benzene rings is 3. The van der Waals surface area contributed by atoms with Crippen molar-refractivity contribution in [2.75, 3.05) is 17.2 Å². The van der Waals surface area contributed by atoms with Crippen LogP contribution in [0.5, 0.6) is 0 Å². The summed E-state index contributed by atoms with van der Waals surface area (Å²) >= 11 is 0. The molecule has 6 heteroatoms. The lowest BCUT2D eigenvalue weighted by atomic mass is 10.0. The number of fused-ring (bicyclic) bond motifs is 3. The fourth-order valence-corrected chi connectivity index (χ4v) is 3.55. The molecule has 0 saturated heterocycles. The molecular weight excluding hydrogens is 380 g/mol. The summed E-state index contributed by atoms with van der Waals surface area (Å²) in [6.07, 6.45) is -0.555. The van der Waals surface area contributed by atoms with E-state index in [2.05, 4.69) is 10.6 Å². The molecule has 30 heavy (non-hydrogen) atoms. The molecule has 0 fully saturated rings. The zero-order chi connectivity index (χ0) is 21.3. The van der Waals surface area contributed by atoms with Crippen LogP contribution in [0.1, 0.15) is 38.8 Å². The van der Waals surface area contributed by atoms with Gasteiger partial charge in [0, 0.05) is 28.1 Å². The zero-order valence-corrected chi connectivity index (χ0v) is 16.6. The van der Waals surface area contributed by atoms with Crippen LogP contribution in [0, 0.1) is 6.92 Å². The van der Waals surface area contributed by atoms with Gasteiger partial charge in [0.1, 0.15) is 0 Å². The average Bonchev–Trinajstić information content (AvgIpc) is 3.03. The normalized spacial score (nSPS) is 11.5. The van der Waals surface area contributed by atoms with Gasteiger partial charge < -0.3 is 10.1 Å². The Morgan fingerprint density at radius 3 is 2.23 bits per heavy atom. The van der Waals surface area contributed by atoms with E-state index in [0.717, 1.165) is 11.1 Å². The van der Waals surface area contributed by atoms with E-state index in [9.17, 15) is 14.4 Å². The Hall–Kier alpha value is -3.93. The van der Waals surface area contributed by atoms with E-state index >= 15 is 0 Å². The highest BCUT2D eigenvalue weighted by molar-refractivity contribution is 6.22. The molecule has 0 heterocycles. The highest BCUT2D eigenvalue weighted by Crippen LogP contribution is 2.36. The maximum absolute atomic E-state index is 12.8. The Morgan fingerprint density at radius 2 is 1.50 bits per heavy atom. The predicted molar refractivity (Wildman–Crippen MR) is 115 cm³/mol. The van der Waals surface area contributed by atoms with Gasteiger partial charge in [-0.2, -0.15) is 0 Å². The first kappa shape index (κ1) is 19.4. The lowest BCUT2D eigenvalue weighted by molar-refractivity contribution is 0.102. The quantitative estimate of drug-likeness (QED) is 0.503. The molecule has 0 bridgehead atoms. The molecule has 150 valence electrons. The molecule has 0 aliphatic heterocycles. The minimum Gasteiger partial charge on any atom is -0.450 e. The Balaban J connectivity index is 1.57. The van der Waals surface area contributed by atoms with Crippen LogP contribution >= 0.6 is 0 Å². The molecule has 6 nitrogen and oxygen atoms in total. The molecule has 3 aromatic carbocycles. The lowest BCUT2D eigenvalue weighted by Crippen LogP contribution is -2.16. The summed E-state index contributed by atoms with van der Waals surface area (Å²) in [5.74, 6) is -0.412. The van der Waals surface area contributed by atoms with Crippen LogP contribution < -0.4 is 10.6 Å². The Bertz CT molecular complexity index is 1180. The van der Waals surface area contributed by atoms with Crippen molar-refractivity contribution in [3.63, 3.8) is 0 Å². The topological polar surface area (TPSA) is 84.5 Å². The summed E-state index contributed by atoms with van der Waals surface area (Å²) < 4.78 is 4.90. The maximum atomic E-state index is 12.8. The van der Waals surface area contributed by atoms with Gasteiger partial charge in [-0.15, -0.1) is 0 Å². The monoisotopic (exact) mass is 400 g/mol. The number of hydrogen-bond acceptors (Lipinski definition) is 4. The number of carbonyl (C=O) groups excluding carboxylic acids is 3. The molecule has 2 N–H and O–H groups in total. The summed E-state index contributed by atoms with van der Waals surface area (Å²) in [6, 6.07) is 17.8. The third kappa shape index (κ3) is 3.43. The Labute approximate surface area is 173 Å². The predicted octanol–water partition coefficient (Wildman–Crippen LogP) is 5.03. The van der Waals surface area contributed by atoms with Crippen molar-refractivity contribution >= 4 is 29.2 Å². The van der Waals surface area contributed by atoms with Gasteiger partial charge in [-0.05, 0) is 54.8 Å².